The van der Waals surface area contributed by atoms with Crippen LogP contribution in [0.3, 0.4) is 0 Å². The Morgan fingerprint density at radius 1 is 1.54 bits per heavy atom. The molecule has 0 spiro atoms. The molecule has 1 rings (SSSR count). The van der Waals surface area contributed by atoms with Crippen LogP contribution in [0.2, 0.25) is 0 Å². The lowest BCUT2D eigenvalue weighted by atomic mass is 10.4. The fraction of sp³-hybridized carbons (Fsp3) is 0.889. The number of likely N-dealkylation sites (tertiary alicyclic amines) is 1. The first-order chi connectivity index (χ1) is 6.18. The van der Waals surface area contributed by atoms with Crippen LogP contribution in [0, 0.1) is 0 Å². The topological polar surface area (TPSA) is 49.8 Å². The van der Waals surface area contributed by atoms with Crippen LogP contribution in [0.15, 0.2) is 0 Å². The van der Waals surface area contributed by atoms with Crippen molar-refractivity contribution in [2.45, 2.75) is 32.5 Å². The number of rotatable bonds is 4. The lowest BCUT2D eigenvalue weighted by Crippen LogP contribution is -2.24. The third-order valence-electron chi connectivity index (χ3n) is 2.13. The summed E-state index contributed by atoms with van der Waals surface area (Å²) in [5.41, 5.74) is 0. The van der Waals surface area contributed by atoms with Crippen molar-refractivity contribution in [3.8, 4) is 0 Å². The van der Waals surface area contributed by atoms with Gasteiger partial charge in [-0.05, 0) is 32.9 Å². The summed E-state index contributed by atoms with van der Waals surface area (Å²) in [6.07, 6.45) is 1.85. The summed E-state index contributed by atoms with van der Waals surface area (Å²) in [7, 11) is 0. The predicted octanol–water partition coefficient (Wildman–Crippen LogP) is 0.354. The highest BCUT2D eigenvalue weighted by Crippen LogP contribution is 2.07. The molecule has 13 heavy (non-hydrogen) atoms. The first-order valence-electron chi connectivity index (χ1n) is 4.78. The van der Waals surface area contributed by atoms with Crippen LogP contribution in [-0.4, -0.2) is 41.9 Å². The standard InChI is InChI=1S/C9H17NO3/c1-8(11)13-9(12)4-7-10-5-2-3-6-10/h8,11H,2-7H2,1H3/t8-/m0/s1. The second-order valence-electron chi connectivity index (χ2n) is 3.39. The minimum atomic E-state index is -0.980. The van der Waals surface area contributed by atoms with Gasteiger partial charge in [0.25, 0.3) is 0 Å². The fourth-order valence-electron chi connectivity index (χ4n) is 1.50. The van der Waals surface area contributed by atoms with Gasteiger partial charge in [0, 0.05) is 6.54 Å². The van der Waals surface area contributed by atoms with Gasteiger partial charge in [-0.2, -0.15) is 0 Å². The summed E-state index contributed by atoms with van der Waals surface area (Å²) < 4.78 is 4.60. The molecule has 76 valence electrons. The Hall–Kier alpha value is -0.610. The minimum absolute atomic E-state index is 0.318. The van der Waals surface area contributed by atoms with Crippen LogP contribution in [0.25, 0.3) is 0 Å². The molecule has 0 unspecified atom stereocenters. The molecule has 0 aromatic rings. The minimum Gasteiger partial charge on any atom is -0.436 e. The highest BCUT2D eigenvalue weighted by atomic mass is 16.6. The molecule has 4 heteroatoms. The number of ether oxygens (including phenoxy) is 1. The lowest BCUT2D eigenvalue weighted by Gasteiger charge is -2.14. The Labute approximate surface area is 78.5 Å². The first-order valence-corrected chi connectivity index (χ1v) is 4.78. The van der Waals surface area contributed by atoms with Crippen molar-refractivity contribution in [2.24, 2.45) is 0 Å². The molecule has 4 nitrogen and oxygen atoms in total. The highest BCUT2D eigenvalue weighted by Gasteiger charge is 2.13. The van der Waals surface area contributed by atoms with E-state index in [0.29, 0.717) is 6.42 Å². The maximum absolute atomic E-state index is 11.0. The molecule has 0 aliphatic carbocycles. The molecular formula is C9H17NO3. The number of esters is 1. The van der Waals surface area contributed by atoms with Gasteiger partial charge in [-0.25, -0.2) is 0 Å². The molecule has 0 saturated carbocycles. The van der Waals surface area contributed by atoms with Gasteiger partial charge in [-0.15, -0.1) is 0 Å². The van der Waals surface area contributed by atoms with Gasteiger partial charge < -0.3 is 14.7 Å². The van der Waals surface area contributed by atoms with E-state index < -0.39 is 6.29 Å². The van der Waals surface area contributed by atoms with Gasteiger partial charge in [0.1, 0.15) is 0 Å². The van der Waals surface area contributed by atoms with Crippen molar-refractivity contribution < 1.29 is 14.6 Å². The van der Waals surface area contributed by atoms with Crippen LogP contribution in [-0.2, 0) is 9.53 Å². The summed E-state index contributed by atoms with van der Waals surface area (Å²) in [6, 6.07) is 0. The number of hydrogen-bond acceptors (Lipinski definition) is 4. The van der Waals surface area contributed by atoms with E-state index in [1.165, 1.54) is 19.8 Å². The number of carbonyl (C=O) groups excluding carboxylic acids is 1. The van der Waals surface area contributed by atoms with Gasteiger partial charge in [0.15, 0.2) is 6.29 Å². The summed E-state index contributed by atoms with van der Waals surface area (Å²) in [5, 5.41) is 8.76. The molecule has 0 aromatic carbocycles. The van der Waals surface area contributed by atoms with Gasteiger partial charge in [0.2, 0.25) is 0 Å². The molecule has 0 bridgehead atoms. The van der Waals surface area contributed by atoms with E-state index in [9.17, 15) is 4.79 Å². The van der Waals surface area contributed by atoms with E-state index in [2.05, 4.69) is 9.64 Å². The predicted molar refractivity (Wildman–Crippen MR) is 48.1 cm³/mol. The summed E-state index contributed by atoms with van der Waals surface area (Å²) in [4.78, 5) is 13.2. The number of aliphatic hydroxyl groups is 1. The Morgan fingerprint density at radius 3 is 2.69 bits per heavy atom. The Kier molecular flexibility index (Phi) is 4.18. The maximum Gasteiger partial charge on any atom is 0.309 e. The van der Waals surface area contributed by atoms with Gasteiger partial charge in [-0.3, -0.25) is 4.79 Å². The molecular weight excluding hydrogens is 170 g/mol. The van der Waals surface area contributed by atoms with E-state index in [4.69, 9.17) is 5.11 Å². The van der Waals surface area contributed by atoms with E-state index in [1.807, 2.05) is 0 Å². The van der Waals surface area contributed by atoms with Crippen LogP contribution < -0.4 is 0 Å². The van der Waals surface area contributed by atoms with Crippen LogP contribution in [0.4, 0.5) is 0 Å². The maximum atomic E-state index is 11.0. The summed E-state index contributed by atoms with van der Waals surface area (Å²) in [5.74, 6) is -0.318. The Bertz CT molecular complexity index is 164. The van der Waals surface area contributed by atoms with Crippen LogP contribution in [0.1, 0.15) is 26.2 Å². The van der Waals surface area contributed by atoms with E-state index in [0.717, 1.165) is 19.6 Å². The van der Waals surface area contributed by atoms with E-state index in [-0.39, 0.29) is 5.97 Å². The van der Waals surface area contributed by atoms with E-state index in [1.54, 1.807) is 0 Å². The molecule has 0 amide bonds. The fourth-order valence-corrected chi connectivity index (χ4v) is 1.50. The van der Waals surface area contributed by atoms with Gasteiger partial charge in [0.05, 0.1) is 6.42 Å². The van der Waals surface area contributed by atoms with Gasteiger partial charge >= 0.3 is 5.97 Å². The molecule has 1 saturated heterocycles. The Balaban J connectivity index is 2.07. The average Bonchev–Trinajstić information content (AvgIpc) is 2.51. The second kappa shape index (κ2) is 5.19. The third kappa shape index (κ3) is 4.24. The van der Waals surface area contributed by atoms with Crippen LogP contribution >= 0.6 is 0 Å². The molecule has 1 aliphatic heterocycles. The van der Waals surface area contributed by atoms with E-state index >= 15 is 0 Å². The molecule has 0 radical (unpaired) electrons. The lowest BCUT2D eigenvalue weighted by molar-refractivity contribution is -0.164. The van der Waals surface area contributed by atoms with Crippen molar-refractivity contribution in [3.63, 3.8) is 0 Å². The van der Waals surface area contributed by atoms with Crippen molar-refractivity contribution in [1.29, 1.82) is 0 Å². The zero-order valence-corrected chi connectivity index (χ0v) is 8.03. The Morgan fingerprint density at radius 2 is 2.15 bits per heavy atom. The summed E-state index contributed by atoms with van der Waals surface area (Å²) in [6.45, 7) is 4.36. The number of carbonyl (C=O) groups is 1. The molecule has 1 fully saturated rings. The molecule has 1 N–H and O–H groups in total. The van der Waals surface area contributed by atoms with Crippen LogP contribution in [0.5, 0.6) is 0 Å². The average molecular weight is 187 g/mol. The van der Waals surface area contributed by atoms with Crippen molar-refractivity contribution >= 4 is 5.97 Å². The molecule has 1 atom stereocenters. The second-order valence-corrected chi connectivity index (χ2v) is 3.39. The third-order valence-corrected chi connectivity index (χ3v) is 2.13. The smallest absolute Gasteiger partial charge is 0.309 e. The first kappa shape index (κ1) is 10.5. The quantitative estimate of drug-likeness (QED) is 0.510. The molecule has 1 aliphatic rings. The van der Waals surface area contributed by atoms with Crippen molar-refractivity contribution in [1.82, 2.24) is 4.90 Å². The zero-order chi connectivity index (χ0) is 9.68. The normalized spacial score (nSPS) is 20.2. The molecule has 0 aromatic heterocycles. The highest BCUT2D eigenvalue weighted by molar-refractivity contribution is 5.69. The monoisotopic (exact) mass is 187 g/mol. The summed E-state index contributed by atoms with van der Waals surface area (Å²) >= 11 is 0. The number of hydrogen-bond donors (Lipinski definition) is 1. The van der Waals surface area contributed by atoms with Crippen molar-refractivity contribution in [3.05, 3.63) is 0 Å². The largest absolute Gasteiger partial charge is 0.436 e. The SMILES string of the molecule is C[C@@H](O)OC(=O)CCN1CCCC1. The molecule has 1 heterocycles. The number of nitrogens with zero attached hydrogens (tertiary/aromatic N) is 1. The zero-order valence-electron chi connectivity index (χ0n) is 8.03. The van der Waals surface area contributed by atoms with Crippen molar-refractivity contribution in [2.75, 3.05) is 19.6 Å². The number of aliphatic hydroxyl groups excluding tert-OH is 1. The van der Waals surface area contributed by atoms with Gasteiger partial charge in [-0.1, -0.05) is 0 Å².